The number of amides is 1. The lowest BCUT2D eigenvalue weighted by Crippen LogP contribution is -2.27. The fourth-order valence-electron chi connectivity index (χ4n) is 1.67. The van der Waals surface area contributed by atoms with Gasteiger partial charge in [0.1, 0.15) is 0 Å². The number of hydrogen-bond acceptors (Lipinski definition) is 2. The number of nitrogens with one attached hydrogen (secondary N) is 1. The fourth-order valence-corrected chi connectivity index (χ4v) is 2.09. The first-order valence-electron chi connectivity index (χ1n) is 6.27. The number of benzene rings is 1. The third kappa shape index (κ3) is 5.19. The van der Waals surface area contributed by atoms with Crippen LogP contribution >= 0.6 is 15.9 Å². The van der Waals surface area contributed by atoms with Gasteiger partial charge in [0.15, 0.2) is 0 Å². The summed E-state index contributed by atoms with van der Waals surface area (Å²) in [6.07, 6.45) is 1.38. The Bertz CT molecular complexity index is 395. The van der Waals surface area contributed by atoms with Crippen molar-refractivity contribution < 1.29 is 4.79 Å². The molecule has 0 aromatic heterocycles. The quantitative estimate of drug-likeness (QED) is 0.848. The number of carbonyl (C=O) groups is 1. The van der Waals surface area contributed by atoms with Gasteiger partial charge >= 0.3 is 0 Å². The average molecular weight is 313 g/mol. The molecule has 100 valence electrons. The Kier molecular flexibility index (Phi) is 6.36. The van der Waals surface area contributed by atoms with Gasteiger partial charge < -0.3 is 11.1 Å². The molecule has 1 aromatic carbocycles. The molecule has 0 saturated carbocycles. The summed E-state index contributed by atoms with van der Waals surface area (Å²) in [4.78, 5) is 11.8. The number of rotatable bonds is 6. The number of hydrogen-bond donors (Lipinski definition) is 2. The minimum Gasteiger partial charge on any atom is -0.350 e. The zero-order valence-electron chi connectivity index (χ0n) is 10.9. The molecule has 0 aliphatic carbocycles. The Morgan fingerprint density at radius 3 is 2.78 bits per heavy atom. The van der Waals surface area contributed by atoms with E-state index in [9.17, 15) is 4.79 Å². The molecular formula is C14H21BrN2O. The predicted molar refractivity (Wildman–Crippen MR) is 78.2 cm³/mol. The smallest absolute Gasteiger partial charge is 0.220 e. The van der Waals surface area contributed by atoms with Crippen LogP contribution in [0, 0.1) is 5.92 Å². The normalized spacial score (nSPS) is 14.0. The molecule has 3 N–H and O–H groups in total. The lowest BCUT2D eigenvalue weighted by Gasteiger charge is -2.15. The van der Waals surface area contributed by atoms with Crippen LogP contribution in [0.5, 0.6) is 0 Å². The highest BCUT2D eigenvalue weighted by Crippen LogP contribution is 2.18. The second-order valence-electron chi connectivity index (χ2n) is 4.72. The van der Waals surface area contributed by atoms with Crippen molar-refractivity contribution in [1.29, 1.82) is 0 Å². The summed E-state index contributed by atoms with van der Waals surface area (Å²) in [5.74, 6) is 0.486. The van der Waals surface area contributed by atoms with Gasteiger partial charge in [-0.3, -0.25) is 4.79 Å². The second-order valence-corrected chi connectivity index (χ2v) is 5.64. The average Bonchev–Trinajstić information content (AvgIpc) is 2.35. The summed E-state index contributed by atoms with van der Waals surface area (Å²) in [5, 5.41) is 3.00. The molecule has 0 radical (unpaired) electrons. The van der Waals surface area contributed by atoms with Crippen molar-refractivity contribution in [2.75, 3.05) is 6.54 Å². The van der Waals surface area contributed by atoms with E-state index in [2.05, 4.69) is 28.2 Å². The maximum atomic E-state index is 11.8. The Balaban J connectivity index is 2.44. The number of carbonyl (C=O) groups excluding carboxylic acids is 1. The maximum Gasteiger partial charge on any atom is 0.220 e. The van der Waals surface area contributed by atoms with Crippen LogP contribution in [0.1, 0.15) is 38.3 Å². The van der Waals surface area contributed by atoms with E-state index >= 15 is 0 Å². The third-order valence-corrected chi connectivity index (χ3v) is 3.49. The lowest BCUT2D eigenvalue weighted by molar-refractivity contribution is -0.122. The lowest BCUT2D eigenvalue weighted by atomic mass is 10.0. The molecule has 0 aliphatic heterocycles. The van der Waals surface area contributed by atoms with Gasteiger partial charge in [-0.15, -0.1) is 0 Å². The molecule has 4 heteroatoms. The van der Waals surface area contributed by atoms with Gasteiger partial charge in [-0.05, 0) is 43.5 Å². The van der Waals surface area contributed by atoms with Gasteiger partial charge in [-0.2, -0.15) is 0 Å². The largest absolute Gasteiger partial charge is 0.350 e. The standard InChI is InChI=1S/C14H21BrN2O/c1-10(9-16)6-7-14(18)17-11(2)12-4-3-5-13(15)8-12/h3-5,8,10-11H,6-7,9,16H2,1-2H3,(H,17,18). The van der Waals surface area contributed by atoms with E-state index < -0.39 is 0 Å². The van der Waals surface area contributed by atoms with Crippen LogP contribution in [0.15, 0.2) is 28.7 Å². The molecule has 18 heavy (non-hydrogen) atoms. The first kappa shape index (κ1) is 15.2. The highest BCUT2D eigenvalue weighted by molar-refractivity contribution is 9.10. The molecule has 0 spiro atoms. The Morgan fingerprint density at radius 1 is 1.44 bits per heavy atom. The molecule has 0 saturated heterocycles. The van der Waals surface area contributed by atoms with Crippen LogP contribution < -0.4 is 11.1 Å². The van der Waals surface area contributed by atoms with E-state index in [0.717, 1.165) is 16.5 Å². The van der Waals surface area contributed by atoms with Crippen molar-refractivity contribution in [2.45, 2.75) is 32.7 Å². The molecule has 3 nitrogen and oxygen atoms in total. The zero-order valence-corrected chi connectivity index (χ0v) is 12.5. The van der Waals surface area contributed by atoms with Gasteiger partial charge in [0.2, 0.25) is 5.91 Å². The van der Waals surface area contributed by atoms with E-state index in [4.69, 9.17) is 5.73 Å². The molecule has 1 rings (SSSR count). The molecule has 2 unspecified atom stereocenters. The van der Waals surface area contributed by atoms with Crippen molar-refractivity contribution in [1.82, 2.24) is 5.32 Å². The van der Waals surface area contributed by atoms with Crippen LogP contribution in [0.3, 0.4) is 0 Å². The Morgan fingerprint density at radius 2 is 2.17 bits per heavy atom. The highest BCUT2D eigenvalue weighted by Gasteiger charge is 2.10. The van der Waals surface area contributed by atoms with Crippen LogP contribution in [0.2, 0.25) is 0 Å². The van der Waals surface area contributed by atoms with Crippen LogP contribution in [-0.2, 0) is 4.79 Å². The van der Waals surface area contributed by atoms with Crippen molar-refractivity contribution in [2.24, 2.45) is 11.7 Å². The highest BCUT2D eigenvalue weighted by atomic mass is 79.9. The second kappa shape index (κ2) is 7.54. The summed E-state index contributed by atoms with van der Waals surface area (Å²) in [7, 11) is 0. The fraction of sp³-hybridized carbons (Fsp3) is 0.500. The monoisotopic (exact) mass is 312 g/mol. The van der Waals surface area contributed by atoms with E-state index in [1.54, 1.807) is 0 Å². The summed E-state index contributed by atoms with van der Waals surface area (Å²) in [6, 6.07) is 8.01. The van der Waals surface area contributed by atoms with Gasteiger partial charge in [0, 0.05) is 10.9 Å². The summed E-state index contributed by atoms with van der Waals surface area (Å²) < 4.78 is 1.03. The van der Waals surface area contributed by atoms with Crippen LogP contribution in [0.25, 0.3) is 0 Å². The first-order chi connectivity index (χ1) is 8.52. The van der Waals surface area contributed by atoms with Crippen molar-refractivity contribution in [3.05, 3.63) is 34.3 Å². The molecule has 2 atom stereocenters. The molecule has 0 aliphatic rings. The summed E-state index contributed by atoms with van der Waals surface area (Å²) in [6.45, 7) is 4.69. The molecular weight excluding hydrogens is 292 g/mol. The Hall–Kier alpha value is -0.870. The zero-order chi connectivity index (χ0) is 13.5. The summed E-state index contributed by atoms with van der Waals surface area (Å²) in [5.41, 5.74) is 6.63. The van der Waals surface area contributed by atoms with Gasteiger partial charge in [0.25, 0.3) is 0 Å². The molecule has 1 amide bonds. The van der Waals surface area contributed by atoms with E-state index in [1.807, 2.05) is 31.2 Å². The molecule has 1 aromatic rings. The minimum absolute atomic E-state index is 0.0307. The molecule has 0 heterocycles. The van der Waals surface area contributed by atoms with Gasteiger partial charge in [-0.25, -0.2) is 0 Å². The van der Waals surface area contributed by atoms with Crippen molar-refractivity contribution >= 4 is 21.8 Å². The number of nitrogens with two attached hydrogens (primary N) is 1. The van der Waals surface area contributed by atoms with Crippen molar-refractivity contribution in [3.63, 3.8) is 0 Å². The number of halogens is 1. The van der Waals surface area contributed by atoms with E-state index in [0.29, 0.717) is 18.9 Å². The molecule has 0 fully saturated rings. The minimum atomic E-state index is 0.0307. The third-order valence-electron chi connectivity index (χ3n) is 2.99. The van der Waals surface area contributed by atoms with Crippen molar-refractivity contribution in [3.8, 4) is 0 Å². The summed E-state index contributed by atoms with van der Waals surface area (Å²) >= 11 is 3.43. The van der Waals surface area contributed by atoms with Crippen LogP contribution in [-0.4, -0.2) is 12.5 Å². The van der Waals surface area contributed by atoms with Gasteiger partial charge in [0.05, 0.1) is 6.04 Å². The van der Waals surface area contributed by atoms with E-state index in [-0.39, 0.29) is 11.9 Å². The molecule has 0 bridgehead atoms. The first-order valence-corrected chi connectivity index (χ1v) is 7.07. The Labute approximate surface area is 117 Å². The predicted octanol–water partition coefficient (Wildman–Crippen LogP) is 3.00. The topological polar surface area (TPSA) is 55.1 Å². The van der Waals surface area contributed by atoms with E-state index in [1.165, 1.54) is 0 Å². The maximum absolute atomic E-state index is 11.8. The van der Waals surface area contributed by atoms with Crippen LogP contribution in [0.4, 0.5) is 0 Å². The SMILES string of the molecule is CC(CN)CCC(=O)NC(C)c1cccc(Br)c1. The van der Waals surface area contributed by atoms with Gasteiger partial charge in [-0.1, -0.05) is 35.0 Å².